The van der Waals surface area contributed by atoms with Crippen LogP contribution in [0.15, 0.2) is 0 Å². The van der Waals surface area contributed by atoms with Crippen molar-refractivity contribution < 1.29 is 24.2 Å². The molecule has 1 aliphatic heterocycles. The van der Waals surface area contributed by atoms with E-state index in [1.54, 1.807) is 6.92 Å². The summed E-state index contributed by atoms with van der Waals surface area (Å²) in [6.45, 7) is 2.08. The SMILES string of the molecule is CCOC(=O)CNC(=O)N1CCCCCC1C(=O)O. The van der Waals surface area contributed by atoms with Crippen molar-refractivity contribution in [2.24, 2.45) is 0 Å². The summed E-state index contributed by atoms with van der Waals surface area (Å²) in [7, 11) is 0. The van der Waals surface area contributed by atoms with Crippen LogP contribution in [0.2, 0.25) is 0 Å². The number of carboxylic acids is 1. The van der Waals surface area contributed by atoms with Gasteiger partial charge in [0.2, 0.25) is 0 Å². The van der Waals surface area contributed by atoms with Gasteiger partial charge in [0.15, 0.2) is 0 Å². The molecule has 1 rings (SSSR count). The Morgan fingerprint density at radius 2 is 2.05 bits per heavy atom. The Hall–Kier alpha value is -1.79. The van der Waals surface area contributed by atoms with Gasteiger partial charge in [0.1, 0.15) is 12.6 Å². The van der Waals surface area contributed by atoms with Crippen LogP contribution in [0.5, 0.6) is 0 Å². The molecule has 1 unspecified atom stereocenters. The number of hydrogen-bond acceptors (Lipinski definition) is 4. The molecular formula is C12H20N2O5. The number of urea groups is 1. The third kappa shape index (κ3) is 4.76. The van der Waals surface area contributed by atoms with E-state index in [2.05, 4.69) is 5.32 Å². The highest BCUT2D eigenvalue weighted by Gasteiger charge is 2.30. The molecular weight excluding hydrogens is 252 g/mol. The number of amides is 2. The smallest absolute Gasteiger partial charge is 0.326 e. The largest absolute Gasteiger partial charge is 0.480 e. The van der Waals surface area contributed by atoms with E-state index in [0.717, 1.165) is 19.3 Å². The van der Waals surface area contributed by atoms with Crippen molar-refractivity contribution in [3.63, 3.8) is 0 Å². The monoisotopic (exact) mass is 272 g/mol. The van der Waals surface area contributed by atoms with Crippen LogP contribution in [0, 0.1) is 0 Å². The maximum Gasteiger partial charge on any atom is 0.326 e. The molecule has 2 amide bonds. The molecule has 0 saturated carbocycles. The van der Waals surface area contributed by atoms with Gasteiger partial charge >= 0.3 is 18.0 Å². The van der Waals surface area contributed by atoms with Crippen LogP contribution in [0.3, 0.4) is 0 Å². The van der Waals surface area contributed by atoms with E-state index in [9.17, 15) is 14.4 Å². The lowest BCUT2D eigenvalue weighted by Crippen LogP contribution is -2.50. The van der Waals surface area contributed by atoms with Crippen molar-refractivity contribution in [1.29, 1.82) is 0 Å². The molecule has 7 nitrogen and oxygen atoms in total. The lowest BCUT2D eigenvalue weighted by Gasteiger charge is -2.26. The van der Waals surface area contributed by atoms with Gasteiger partial charge in [-0.15, -0.1) is 0 Å². The Balaban J connectivity index is 2.55. The lowest BCUT2D eigenvalue weighted by molar-refractivity contribution is -0.142. The van der Waals surface area contributed by atoms with Gasteiger partial charge < -0.3 is 20.1 Å². The van der Waals surface area contributed by atoms with E-state index in [-0.39, 0.29) is 13.2 Å². The molecule has 0 spiro atoms. The second kappa shape index (κ2) is 7.60. The fourth-order valence-corrected chi connectivity index (χ4v) is 2.07. The molecule has 1 aliphatic rings. The number of carbonyl (C=O) groups excluding carboxylic acids is 2. The maximum absolute atomic E-state index is 11.9. The van der Waals surface area contributed by atoms with Crippen LogP contribution in [0.25, 0.3) is 0 Å². The van der Waals surface area contributed by atoms with E-state index >= 15 is 0 Å². The molecule has 1 atom stereocenters. The summed E-state index contributed by atoms with van der Waals surface area (Å²) in [4.78, 5) is 35.5. The fraction of sp³-hybridized carbons (Fsp3) is 0.750. The zero-order chi connectivity index (χ0) is 14.3. The number of likely N-dealkylation sites (tertiary alicyclic amines) is 1. The summed E-state index contributed by atoms with van der Waals surface area (Å²) < 4.78 is 4.69. The number of nitrogens with zero attached hydrogens (tertiary/aromatic N) is 1. The maximum atomic E-state index is 11.9. The molecule has 0 aromatic heterocycles. The van der Waals surface area contributed by atoms with Crippen LogP contribution in [0.4, 0.5) is 4.79 Å². The van der Waals surface area contributed by atoms with Gasteiger partial charge in [-0.05, 0) is 19.8 Å². The molecule has 0 aliphatic carbocycles. The second-order valence-corrected chi connectivity index (χ2v) is 4.36. The molecule has 108 valence electrons. The van der Waals surface area contributed by atoms with Crippen LogP contribution in [-0.2, 0) is 14.3 Å². The van der Waals surface area contributed by atoms with E-state index < -0.39 is 24.0 Å². The van der Waals surface area contributed by atoms with Crippen LogP contribution < -0.4 is 5.32 Å². The first kappa shape index (κ1) is 15.3. The number of nitrogens with one attached hydrogen (secondary N) is 1. The van der Waals surface area contributed by atoms with Gasteiger partial charge in [0.05, 0.1) is 6.61 Å². The van der Waals surface area contributed by atoms with Crippen LogP contribution >= 0.6 is 0 Å². The molecule has 0 aromatic rings. The summed E-state index contributed by atoms with van der Waals surface area (Å²) in [5.41, 5.74) is 0. The number of carboxylic acid groups (broad SMARTS) is 1. The number of aliphatic carboxylic acids is 1. The van der Waals surface area contributed by atoms with Crippen LogP contribution in [-0.4, -0.2) is 53.7 Å². The van der Waals surface area contributed by atoms with Crippen molar-refractivity contribution in [3.05, 3.63) is 0 Å². The Morgan fingerprint density at radius 3 is 2.68 bits per heavy atom. The zero-order valence-electron chi connectivity index (χ0n) is 11.1. The fourth-order valence-electron chi connectivity index (χ4n) is 2.07. The van der Waals surface area contributed by atoms with E-state index in [1.807, 2.05) is 0 Å². The van der Waals surface area contributed by atoms with E-state index in [0.29, 0.717) is 13.0 Å². The summed E-state index contributed by atoms with van der Waals surface area (Å²) in [6.07, 6.45) is 2.92. The molecule has 1 fully saturated rings. The summed E-state index contributed by atoms with van der Waals surface area (Å²) in [5.74, 6) is -1.54. The second-order valence-electron chi connectivity index (χ2n) is 4.36. The Bertz CT molecular complexity index is 345. The highest BCUT2D eigenvalue weighted by molar-refractivity contribution is 5.85. The Labute approximate surface area is 111 Å². The Morgan fingerprint density at radius 1 is 1.32 bits per heavy atom. The number of rotatable bonds is 4. The minimum absolute atomic E-state index is 0.241. The average molecular weight is 272 g/mol. The average Bonchev–Trinajstić information content (AvgIpc) is 2.61. The van der Waals surface area contributed by atoms with Crippen molar-refractivity contribution in [2.45, 2.75) is 38.6 Å². The van der Waals surface area contributed by atoms with Gasteiger partial charge in [0, 0.05) is 6.54 Å². The first-order valence-corrected chi connectivity index (χ1v) is 6.49. The van der Waals surface area contributed by atoms with Gasteiger partial charge in [-0.3, -0.25) is 4.79 Å². The first-order valence-electron chi connectivity index (χ1n) is 6.49. The molecule has 0 bridgehead atoms. The molecule has 7 heteroatoms. The van der Waals surface area contributed by atoms with Gasteiger partial charge in [-0.2, -0.15) is 0 Å². The molecule has 0 aromatic carbocycles. The number of carbonyl (C=O) groups is 3. The summed E-state index contributed by atoms with van der Waals surface area (Å²) in [6, 6.07) is -1.34. The van der Waals surface area contributed by atoms with Crippen molar-refractivity contribution in [2.75, 3.05) is 19.7 Å². The molecule has 19 heavy (non-hydrogen) atoms. The van der Waals surface area contributed by atoms with Crippen molar-refractivity contribution in [1.82, 2.24) is 10.2 Å². The number of hydrogen-bond donors (Lipinski definition) is 2. The highest BCUT2D eigenvalue weighted by atomic mass is 16.5. The van der Waals surface area contributed by atoms with Gasteiger partial charge in [-0.1, -0.05) is 12.8 Å². The minimum atomic E-state index is -1.01. The molecule has 1 heterocycles. The topological polar surface area (TPSA) is 95.9 Å². The summed E-state index contributed by atoms with van der Waals surface area (Å²) >= 11 is 0. The quantitative estimate of drug-likeness (QED) is 0.730. The number of ether oxygens (including phenoxy) is 1. The van der Waals surface area contributed by atoms with Crippen LogP contribution in [0.1, 0.15) is 32.6 Å². The third-order valence-electron chi connectivity index (χ3n) is 2.99. The minimum Gasteiger partial charge on any atom is -0.480 e. The summed E-state index contributed by atoms with van der Waals surface area (Å²) in [5, 5.41) is 11.5. The molecule has 1 saturated heterocycles. The van der Waals surface area contributed by atoms with Crippen molar-refractivity contribution in [3.8, 4) is 0 Å². The first-order chi connectivity index (χ1) is 9.06. The zero-order valence-corrected chi connectivity index (χ0v) is 11.1. The number of esters is 1. The predicted octanol–water partition coefficient (Wildman–Crippen LogP) is 0.588. The molecule has 2 N–H and O–H groups in total. The van der Waals surface area contributed by atoms with Crippen molar-refractivity contribution >= 4 is 18.0 Å². The van der Waals surface area contributed by atoms with Gasteiger partial charge in [0.25, 0.3) is 0 Å². The lowest BCUT2D eigenvalue weighted by atomic mass is 10.1. The predicted molar refractivity (Wildman–Crippen MR) is 66.6 cm³/mol. The van der Waals surface area contributed by atoms with E-state index in [1.165, 1.54) is 4.90 Å². The highest BCUT2D eigenvalue weighted by Crippen LogP contribution is 2.17. The molecule has 0 radical (unpaired) electrons. The van der Waals surface area contributed by atoms with E-state index in [4.69, 9.17) is 9.84 Å². The third-order valence-corrected chi connectivity index (χ3v) is 2.99. The Kier molecular flexibility index (Phi) is 6.11. The normalized spacial score (nSPS) is 19.4. The standard InChI is InChI=1S/C12H20N2O5/c1-2-19-10(15)8-13-12(18)14-7-5-3-4-6-9(14)11(16)17/h9H,2-8H2,1H3,(H,13,18)(H,16,17). The van der Waals surface area contributed by atoms with Gasteiger partial charge in [-0.25, -0.2) is 9.59 Å².